The number of benzene rings is 2. The van der Waals surface area contributed by atoms with Gasteiger partial charge < -0.3 is 4.84 Å². The molecule has 1 heterocycles. The zero-order valence-corrected chi connectivity index (χ0v) is 10.3. The molecule has 0 spiro atoms. The van der Waals surface area contributed by atoms with E-state index in [0.717, 1.165) is 11.3 Å². The molecule has 2 aromatic rings. The highest BCUT2D eigenvalue weighted by Crippen LogP contribution is 2.27. The molecule has 1 aliphatic heterocycles. The molecule has 0 aromatic heterocycles. The van der Waals surface area contributed by atoms with Crippen LogP contribution in [0.4, 0.5) is 0 Å². The Morgan fingerprint density at radius 2 is 1.67 bits per heavy atom. The van der Waals surface area contributed by atoms with Crippen LogP contribution in [-0.2, 0) is 4.84 Å². The van der Waals surface area contributed by atoms with Gasteiger partial charge in [-0.15, -0.1) is 5.48 Å². The summed E-state index contributed by atoms with van der Waals surface area (Å²) in [5.41, 5.74) is 6.63. The summed E-state index contributed by atoms with van der Waals surface area (Å²) < 4.78 is 0. The van der Waals surface area contributed by atoms with Gasteiger partial charge in [0.05, 0.1) is 6.04 Å². The largest absolute Gasteiger partial charge is 0.407 e. The lowest BCUT2D eigenvalue weighted by Crippen LogP contribution is -2.12. The van der Waals surface area contributed by atoms with Crippen LogP contribution in [0.3, 0.4) is 0 Å². The SMILES string of the molecule is Cc1ccc(C2C=C(c3ccccc3)ON2)cc1. The fraction of sp³-hybridized carbons (Fsp3) is 0.125. The first kappa shape index (κ1) is 11.1. The van der Waals surface area contributed by atoms with E-state index in [1.54, 1.807) is 0 Å². The van der Waals surface area contributed by atoms with Crippen molar-refractivity contribution in [2.75, 3.05) is 0 Å². The predicted octanol–water partition coefficient (Wildman–Crippen LogP) is 3.61. The summed E-state index contributed by atoms with van der Waals surface area (Å²) in [6.45, 7) is 2.09. The molecule has 0 amide bonds. The molecular formula is C16H15NO. The molecule has 1 atom stereocenters. The number of hydroxylamine groups is 1. The van der Waals surface area contributed by atoms with Gasteiger partial charge in [0.1, 0.15) is 0 Å². The second-order valence-corrected chi connectivity index (χ2v) is 4.51. The van der Waals surface area contributed by atoms with Crippen molar-refractivity contribution in [1.82, 2.24) is 5.48 Å². The van der Waals surface area contributed by atoms with Gasteiger partial charge in [0.2, 0.25) is 0 Å². The van der Waals surface area contributed by atoms with Gasteiger partial charge in [-0.05, 0) is 18.6 Å². The second-order valence-electron chi connectivity index (χ2n) is 4.51. The lowest BCUT2D eigenvalue weighted by molar-refractivity contribution is 0.162. The Hall–Kier alpha value is -2.06. The first-order chi connectivity index (χ1) is 8.83. The van der Waals surface area contributed by atoms with Gasteiger partial charge in [-0.2, -0.15) is 0 Å². The third kappa shape index (κ3) is 2.15. The standard InChI is InChI=1S/C16H15NO/c1-12-7-9-13(10-8-12)15-11-16(18-17-15)14-5-3-2-4-6-14/h2-11,15,17H,1H3. The number of rotatable bonds is 2. The molecule has 90 valence electrons. The Morgan fingerprint density at radius 3 is 2.39 bits per heavy atom. The van der Waals surface area contributed by atoms with Crippen molar-refractivity contribution in [3.05, 3.63) is 77.4 Å². The number of aryl methyl sites for hydroxylation is 1. The molecule has 18 heavy (non-hydrogen) atoms. The number of hydrogen-bond acceptors (Lipinski definition) is 2. The number of hydrogen-bond donors (Lipinski definition) is 1. The van der Waals surface area contributed by atoms with E-state index >= 15 is 0 Å². The minimum atomic E-state index is 0.126. The van der Waals surface area contributed by atoms with E-state index in [1.807, 2.05) is 30.3 Å². The Balaban J connectivity index is 1.85. The van der Waals surface area contributed by atoms with E-state index in [9.17, 15) is 0 Å². The van der Waals surface area contributed by atoms with Crippen LogP contribution in [0.5, 0.6) is 0 Å². The average molecular weight is 237 g/mol. The van der Waals surface area contributed by atoms with Crippen LogP contribution in [0.15, 0.2) is 60.7 Å². The summed E-state index contributed by atoms with van der Waals surface area (Å²) in [5, 5.41) is 0. The Bertz CT molecular complexity index is 557. The van der Waals surface area contributed by atoms with Crippen LogP contribution < -0.4 is 5.48 Å². The summed E-state index contributed by atoms with van der Waals surface area (Å²) in [5.74, 6) is 0.890. The van der Waals surface area contributed by atoms with Crippen LogP contribution in [0.25, 0.3) is 5.76 Å². The molecule has 0 bridgehead atoms. The van der Waals surface area contributed by atoms with E-state index in [-0.39, 0.29) is 6.04 Å². The first-order valence-electron chi connectivity index (χ1n) is 6.09. The summed E-state index contributed by atoms with van der Waals surface area (Å²) >= 11 is 0. The van der Waals surface area contributed by atoms with Crippen LogP contribution in [0, 0.1) is 6.92 Å². The van der Waals surface area contributed by atoms with Crippen molar-refractivity contribution in [3.63, 3.8) is 0 Å². The smallest absolute Gasteiger partial charge is 0.152 e. The average Bonchev–Trinajstić information content (AvgIpc) is 2.90. The topological polar surface area (TPSA) is 21.3 Å². The molecule has 0 saturated carbocycles. The van der Waals surface area contributed by atoms with Crippen LogP contribution in [-0.4, -0.2) is 0 Å². The van der Waals surface area contributed by atoms with E-state index < -0.39 is 0 Å². The lowest BCUT2D eigenvalue weighted by Gasteiger charge is -2.07. The summed E-state index contributed by atoms with van der Waals surface area (Å²) in [6, 6.07) is 18.7. The molecule has 1 aliphatic rings. The van der Waals surface area contributed by atoms with Crippen molar-refractivity contribution in [3.8, 4) is 0 Å². The summed E-state index contributed by atoms with van der Waals surface area (Å²) in [7, 11) is 0. The van der Waals surface area contributed by atoms with Crippen molar-refractivity contribution in [2.24, 2.45) is 0 Å². The lowest BCUT2D eigenvalue weighted by atomic mass is 10.0. The monoisotopic (exact) mass is 237 g/mol. The van der Waals surface area contributed by atoms with E-state index in [2.05, 4.69) is 42.7 Å². The van der Waals surface area contributed by atoms with E-state index in [4.69, 9.17) is 4.84 Å². The van der Waals surface area contributed by atoms with Gasteiger partial charge in [-0.1, -0.05) is 60.2 Å². The maximum atomic E-state index is 5.55. The molecule has 1 N–H and O–H groups in total. The quantitative estimate of drug-likeness (QED) is 0.861. The Morgan fingerprint density at radius 1 is 0.944 bits per heavy atom. The predicted molar refractivity (Wildman–Crippen MR) is 72.6 cm³/mol. The highest BCUT2D eigenvalue weighted by molar-refractivity contribution is 5.62. The van der Waals surface area contributed by atoms with Gasteiger partial charge in [0.15, 0.2) is 5.76 Å². The molecule has 2 nitrogen and oxygen atoms in total. The second kappa shape index (κ2) is 4.67. The molecule has 3 rings (SSSR count). The molecule has 2 aromatic carbocycles. The highest BCUT2D eigenvalue weighted by atomic mass is 16.7. The van der Waals surface area contributed by atoms with Gasteiger partial charge in [-0.3, -0.25) is 0 Å². The third-order valence-corrected chi connectivity index (χ3v) is 3.11. The van der Waals surface area contributed by atoms with Crippen molar-refractivity contribution in [2.45, 2.75) is 13.0 Å². The highest BCUT2D eigenvalue weighted by Gasteiger charge is 2.19. The van der Waals surface area contributed by atoms with Gasteiger partial charge >= 0.3 is 0 Å². The van der Waals surface area contributed by atoms with Gasteiger partial charge in [-0.25, -0.2) is 0 Å². The van der Waals surface area contributed by atoms with Crippen molar-refractivity contribution >= 4 is 5.76 Å². The van der Waals surface area contributed by atoms with Crippen molar-refractivity contribution < 1.29 is 4.84 Å². The zero-order valence-electron chi connectivity index (χ0n) is 10.3. The zero-order chi connectivity index (χ0) is 12.4. The Kier molecular flexibility index (Phi) is 2.87. The maximum absolute atomic E-state index is 5.55. The van der Waals surface area contributed by atoms with Crippen LogP contribution in [0.2, 0.25) is 0 Å². The minimum absolute atomic E-state index is 0.126. The van der Waals surface area contributed by atoms with Gasteiger partial charge in [0.25, 0.3) is 0 Å². The van der Waals surface area contributed by atoms with Crippen LogP contribution >= 0.6 is 0 Å². The fourth-order valence-electron chi connectivity index (χ4n) is 2.04. The van der Waals surface area contributed by atoms with Crippen molar-refractivity contribution in [1.29, 1.82) is 0 Å². The Labute approximate surface area is 107 Å². The first-order valence-corrected chi connectivity index (χ1v) is 6.09. The molecule has 0 radical (unpaired) electrons. The molecular weight excluding hydrogens is 222 g/mol. The normalized spacial score (nSPS) is 18.3. The molecule has 1 unspecified atom stereocenters. The van der Waals surface area contributed by atoms with E-state index in [0.29, 0.717) is 0 Å². The van der Waals surface area contributed by atoms with Gasteiger partial charge in [0, 0.05) is 5.56 Å². The maximum Gasteiger partial charge on any atom is 0.152 e. The third-order valence-electron chi connectivity index (χ3n) is 3.11. The summed E-state index contributed by atoms with van der Waals surface area (Å²) in [4.78, 5) is 5.55. The van der Waals surface area contributed by atoms with E-state index in [1.165, 1.54) is 11.1 Å². The molecule has 2 heteroatoms. The molecule has 0 saturated heterocycles. The number of nitrogens with one attached hydrogen (secondary N) is 1. The molecule has 0 aliphatic carbocycles. The summed E-state index contributed by atoms with van der Waals surface area (Å²) in [6.07, 6.45) is 2.11. The van der Waals surface area contributed by atoms with Crippen LogP contribution in [0.1, 0.15) is 22.7 Å². The fourth-order valence-corrected chi connectivity index (χ4v) is 2.04. The molecule has 0 fully saturated rings. The minimum Gasteiger partial charge on any atom is -0.407 e.